The lowest BCUT2D eigenvalue weighted by Crippen LogP contribution is -2.32. The van der Waals surface area contributed by atoms with Gasteiger partial charge in [0.1, 0.15) is 0 Å². The summed E-state index contributed by atoms with van der Waals surface area (Å²) in [5.74, 6) is 0.393. The van der Waals surface area contributed by atoms with Crippen LogP contribution in [-0.4, -0.2) is 25.8 Å². The zero-order valence-electron chi connectivity index (χ0n) is 7.71. The lowest BCUT2D eigenvalue weighted by molar-refractivity contribution is -0.144. The van der Waals surface area contributed by atoms with Gasteiger partial charge in [-0.25, -0.2) is 0 Å². The molecule has 0 aromatic heterocycles. The minimum Gasteiger partial charge on any atom is -0.469 e. The number of hydrogen-bond acceptors (Lipinski definition) is 3. The number of ether oxygens (including phenoxy) is 2. The molecule has 0 unspecified atom stereocenters. The van der Waals surface area contributed by atoms with E-state index in [9.17, 15) is 4.79 Å². The first-order valence-corrected chi connectivity index (χ1v) is 4.44. The molecule has 3 nitrogen and oxygen atoms in total. The maximum absolute atomic E-state index is 10.8. The molecule has 1 aliphatic carbocycles. The van der Waals surface area contributed by atoms with Gasteiger partial charge >= 0.3 is 5.97 Å². The number of methoxy groups -OCH3 is 1. The van der Waals surface area contributed by atoms with Crippen LogP contribution in [0.2, 0.25) is 0 Å². The van der Waals surface area contributed by atoms with Gasteiger partial charge in [0, 0.05) is 13.0 Å². The summed E-state index contributed by atoms with van der Waals surface area (Å²) in [5.41, 5.74) is 0. The number of hydrogen-bond donors (Lipinski definition) is 0. The van der Waals surface area contributed by atoms with Crippen molar-refractivity contribution in [3.05, 3.63) is 0 Å². The van der Waals surface area contributed by atoms with Gasteiger partial charge in [-0.2, -0.15) is 0 Å². The largest absolute Gasteiger partial charge is 0.469 e. The fourth-order valence-corrected chi connectivity index (χ4v) is 1.53. The Morgan fingerprint density at radius 1 is 1.50 bits per heavy atom. The van der Waals surface area contributed by atoms with E-state index in [0.717, 1.165) is 19.4 Å². The van der Waals surface area contributed by atoms with Crippen LogP contribution in [0.4, 0.5) is 0 Å². The molecular weight excluding hydrogens is 156 g/mol. The summed E-state index contributed by atoms with van der Waals surface area (Å²) in [6, 6.07) is 0. The first kappa shape index (κ1) is 9.52. The summed E-state index contributed by atoms with van der Waals surface area (Å²) in [4.78, 5) is 10.8. The summed E-state index contributed by atoms with van der Waals surface area (Å²) in [6.45, 7) is 2.77. The normalized spacial score (nSPS) is 27.8. The van der Waals surface area contributed by atoms with Gasteiger partial charge in [-0.1, -0.05) is 0 Å². The number of carbonyl (C=O) groups excluding carboxylic acids is 1. The van der Waals surface area contributed by atoms with Crippen LogP contribution in [0.25, 0.3) is 0 Å². The predicted molar refractivity (Wildman–Crippen MR) is 44.8 cm³/mol. The Labute approximate surface area is 73.0 Å². The van der Waals surface area contributed by atoms with E-state index in [2.05, 4.69) is 4.74 Å². The molecule has 0 spiro atoms. The molecule has 0 radical (unpaired) electrons. The minimum absolute atomic E-state index is 0.102. The molecule has 0 atom stereocenters. The molecule has 1 aliphatic rings. The van der Waals surface area contributed by atoms with E-state index < -0.39 is 0 Å². The van der Waals surface area contributed by atoms with E-state index in [0.29, 0.717) is 18.4 Å². The first-order chi connectivity index (χ1) is 5.76. The van der Waals surface area contributed by atoms with Crippen LogP contribution in [0.3, 0.4) is 0 Å². The Balaban J connectivity index is 2.05. The fraction of sp³-hybridized carbons (Fsp3) is 0.889. The van der Waals surface area contributed by atoms with Crippen molar-refractivity contribution in [2.24, 2.45) is 5.92 Å². The maximum atomic E-state index is 10.8. The van der Waals surface area contributed by atoms with Crippen molar-refractivity contribution < 1.29 is 14.3 Å². The third-order valence-electron chi connectivity index (χ3n) is 2.28. The quantitative estimate of drug-likeness (QED) is 0.601. The maximum Gasteiger partial charge on any atom is 0.305 e. The van der Waals surface area contributed by atoms with Crippen LogP contribution >= 0.6 is 0 Å². The van der Waals surface area contributed by atoms with Crippen LogP contribution in [0.1, 0.15) is 26.2 Å². The van der Waals surface area contributed by atoms with Crippen LogP contribution in [-0.2, 0) is 14.3 Å². The lowest BCUT2D eigenvalue weighted by Gasteiger charge is -2.34. The molecule has 0 saturated heterocycles. The van der Waals surface area contributed by atoms with Crippen molar-refractivity contribution in [1.82, 2.24) is 0 Å². The van der Waals surface area contributed by atoms with Crippen molar-refractivity contribution in [1.29, 1.82) is 0 Å². The van der Waals surface area contributed by atoms with Gasteiger partial charge in [-0.3, -0.25) is 4.79 Å². The standard InChI is InChI=1S/C9H16O3/c1-3-12-8-4-7(5-8)6-9(10)11-2/h7-8H,3-6H2,1-2H3. The zero-order valence-corrected chi connectivity index (χ0v) is 7.71. The smallest absolute Gasteiger partial charge is 0.305 e. The van der Waals surface area contributed by atoms with E-state index in [1.807, 2.05) is 6.92 Å². The summed E-state index contributed by atoms with van der Waals surface area (Å²) in [5, 5.41) is 0. The van der Waals surface area contributed by atoms with Gasteiger partial charge in [0.15, 0.2) is 0 Å². The average Bonchev–Trinajstić information content (AvgIpc) is 2.00. The van der Waals surface area contributed by atoms with E-state index in [4.69, 9.17) is 4.74 Å². The molecule has 1 rings (SSSR count). The second kappa shape index (κ2) is 4.45. The second-order valence-corrected chi connectivity index (χ2v) is 3.20. The van der Waals surface area contributed by atoms with E-state index >= 15 is 0 Å². The summed E-state index contributed by atoms with van der Waals surface area (Å²) < 4.78 is 9.94. The molecule has 70 valence electrons. The van der Waals surface area contributed by atoms with Crippen molar-refractivity contribution in [2.45, 2.75) is 32.3 Å². The molecule has 0 aliphatic heterocycles. The van der Waals surface area contributed by atoms with Crippen molar-refractivity contribution in [3.8, 4) is 0 Å². The molecule has 1 fully saturated rings. The van der Waals surface area contributed by atoms with Crippen LogP contribution < -0.4 is 0 Å². The molecule has 0 bridgehead atoms. The number of carbonyl (C=O) groups is 1. The van der Waals surface area contributed by atoms with Gasteiger partial charge in [0.05, 0.1) is 13.2 Å². The summed E-state index contributed by atoms with van der Waals surface area (Å²) in [7, 11) is 1.43. The Bertz CT molecular complexity index is 150. The van der Waals surface area contributed by atoms with Crippen molar-refractivity contribution in [2.75, 3.05) is 13.7 Å². The molecule has 0 amide bonds. The highest BCUT2D eigenvalue weighted by Gasteiger charge is 2.31. The van der Waals surface area contributed by atoms with Crippen molar-refractivity contribution in [3.63, 3.8) is 0 Å². The van der Waals surface area contributed by atoms with Crippen molar-refractivity contribution >= 4 is 5.97 Å². The highest BCUT2D eigenvalue weighted by atomic mass is 16.5. The van der Waals surface area contributed by atoms with Gasteiger partial charge in [0.25, 0.3) is 0 Å². The molecule has 3 heteroatoms. The molecule has 12 heavy (non-hydrogen) atoms. The van der Waals surface area contributed by atoms with Crippen LogP contribution in [0.15, 0.2) is 0 Å². The molecular formula is C9H16O3. The number of esters is 1. The Morgan fingerprint density at radius 2 is 2.17 bits per heavy atom. The van der Waals surface area contributed by atoms with Gasteiger partial charge in [0.2, 0.25) is 0 Å². The van der Waals surface area contributed by atoms with E-state index in [1.165, 1.54) is 7.11 Å². The molecule has 0 N–H and O–H groups in total. The Kier molecular flexibility index (Phi) is 3.53. The molecule has 0 heterocycles. The minimum atomic E-state index is -0.102. The van der Waals surface area contributed by atoms with E-state index in [-0.39, 0.29) is 5.97 Å². The number of rotatable bonds is 4. The SMILES string of the molecule is CCOC1CC(CC(=O)OC)C1. The van der Waals surface area contributed by atoms with Gasteiger partial charge < -0.3 is 9.47 Å². The molecule has 0 aromatic carbocycles. The van der Waals surface area contributed by atoms with Gasteiger partial charge in [-0.15, -0.1) is 0 Å². The Hall–Kier alpha value is -0.570. The molecule has 0 aromatic rings. The average molecular weight is 172 g/mol. The summed E-state index contributed by atoms with van der Waals surface area (Å²) >= 11 is 0. The highest BCUT2D eigenvalue weighted by Crippen LogP contribution is 2.32. The monoisotopic (exact) mass is 172 g/mol. The summed E-state index contributed by atoms with van der Waals surface area (Å²) in [6.07, 6.45) is 2.98. The predicted octanol–water partition coefficient (Wildman–Crippen LogP) is 1.36. The second-order valence-electron chi connectivity index (χ2n) is 3.20. The zero-order chi connectivity index (χ0) is 8.97. The lowest BCUT2D eigenvalue weighted by atomic mass is 9.80. The third kappa shape index (κ3) is 2.48. The third-order valence-corrected chi connectivity index (χ3v) is 2.28. The Morgan fingerprint density at radius 3 is 2.67 bits per heavy atom. The molecule has 1 saturated carbocycles. The first-order valence-electron chi connectivity index (χ1n) is 4.44. The fourth-order valence-electron chi connectivity index (χ4n) is 1.53. The highest BCUT2D eigenvalue weighted by molar-refractivity contribution is 5.69. The van der Waals surface area contributed by atoms with E-state index in [1.54, 1.807) is 0 Å². The van der Waals surface area contributed by atoms with Crippen LogP contribution in [0.5, 0.6) is 0 Å². The van der Waals surface area contributed by atoms with Gasteiger partial charge in [-0.05, 0) is 25.7 Å². The van der Waals surface area contributed by atoms with Crippen LogP contribution in [0, 0.1) is 5.92 Å². The topological polar surface area (TPSA) is 35.5 Å².